The molecule has 4 saturated carbocycles. The van der Waals surface area contributed by atoms with Crippen LogP contribution in [0.1, 0.15) is 155 Å². The molecule has 0 aromatic carbocycles. The Hall–Kier alpha value is -2.67. The molecule has 5 rings (SSSR count). The van der Waals surface area contributed by atoms with Gasteiger partial charge in [0.15, 0.2) is 0 Å². The number of unbranched alkanes of at least 4 members (excludes halogenated alkanes) is 9. The van der Waals surface area contributed by atoms with Crippen molar-refractivity contribution >= 4 is 17.9 Å². The molecule has 298 valence electrons. The third-order valence-corrected chi connectivity index (χ3v) is 12.2. The molecule has 0 aromatic rings. The summed E-state index contributed by atoms with van der Waals surface area (Å²) in [6, 6.07) is -0.418. The lowest BCUT2D eigenvalue weighted by atomic mass is 9.48. The Morgan fingerprint density at radius 3 is 1.91 bits per heavy atom. The van der Waals surface area contributed by atoms with Gasteiger partial charge in [-0.15, -0.1) is 0 Å². The molecule has 0 saturated heterocycles. The van der Waals surface area contributed by atoms with Gasteiger partial charge in [0.25, 0.3) is 0 Å². The number of carbonyl (C=O) groups is 3. The molecule has 53 heavy (non-hydrogen) atoms. The first-order valence-corrected chi connectivity index (χ1v) is 21.5. The van der Waals surface area contributed by atoms with Crippen molar-refractivity contribution < 1.29 is 28.6 Å². The minimum absolute atomic E-state index is 0.0402. The fourth-order valence-electron chi connectivity index (χ4n) is 9.59. The van der Waals surface area contributed by atoms with Gasteiger partial charge in [-0.25, -0.2) is 0 Å². The lowest BCUT2D eigenvalue weighted by Crippen LogP contribution is -2.46. The molecule has 0 heterocycles. The summed E-state index contributed by atoms with van der Waals surface area (Å²) >= 11 is 0. The fraction of sp³-hybridized carbons (Fsp3) is 0.761. The van der Waals surface area contributed by atoms with E-state index < -0.39 is 12.0 Å². The number of rotatable bonds is 28. The van der Waals surface area contributed by atoms with Crippen LogP contribution in [0.4, 0.5) is 0 Å². The van der Waals surface area contributed by atoms with Crippen molar-refractivity contribution in [1.82, 2.24) is 4.90 Å². The summed E-state index contributed by atoms with van der Waals surface area (Å²) in [7, 11) is 3.76. The van der Waals surface area contributed by atoms with Crippen LogP contribution < -0.4 is 0 Å². The van der Waals surface area contributed by atoms with Crippen molar-refractivity contribution in [2.24, 2.45) is 29.1 Å². The van der Waals surface area contributed by atoms with Gasteiger partial charge in [0.1, 0.15) is 25.9 Å². The van der Waals surface area contributed by atoms with Gasteiger partial charge in [-0.2, -0.15) is 0 Å². The molecule has 4 fully saturated rings. The number of likely N-dealkylation sites (N-methyl/N-ethyl adjacent to an activating group) is 1. The Morgan fingerprint density at radius 2 is 1.32 bits per heavy atom. The van der Waals surface area contributed by atoms with Crippen LogP contribution in [-0.4, -0.2) is 62.8 Å². The normalized spacial score (nSPS) is 24.3. The van der Waals surface area contributed by atoms with Crippen LogP contribution in [0.2, 0.25) is 0 Å². The zero-order valence-corrected chi connectivity index (χ0v) is 33.7. The molecule has 4 bridgehead atoms. The van der Waals surface area contributed by atoms with Crippen LogP contribution in [0.5, 0.6) is 0 Å². The van der Waals surface area contributed by atoms with Crippen LogP contribution in [0, 0.1) is 29.1 Å². The lowest BCUT2D eigenvalue weighted by molar-refractivity contribution is -0.156. The van der Waals surface area contributed by atoms with Crippen LogP contribution >= 0.6 is 0 Å². The second kappa shape index (κ2) is 24.0. The summed E-state index contributed by atoms with van der Waals surface area (Å²) in [4.78, 5) is 40.8. The van der Waals surface area contributed by atoms with Gasteiger partial charge in [-0.1, -0.05) is 88.0 Å². The third kappa shape index (κ3) is 16.3. The topological polar surface area (TPSA) is 82.1 Å². The van der Waals surface area contributed by atoms with Gasteiger partial charge in [-0.05, 0) is 139 Å². The van der Waals surface area contributed by atoms with Crippen LogP contribution in [-0.2, 0) is 28.6 Å². The maximum Gasteiger partial charge on any atom is 0.323 e. The van der Waals surface area contributed by atoms with Crippen LogP contribution in [0.25, 0.3) is 0 Å². The Morgan fingerprint density at radius 1 is 0.755 bits per heavy atom. The van der Waals surface area contributed by atoms with Gasteiger partial charge >= 0.3 is 17.9 Å². The summed E-state index contributed by atoms with van der Waals surface area (Å²) in [6.45, 7) is 2.42. The highest BCUT2D eigenvalue weighted by molar-refractivity contribution is 5.76. The van der Waals surface area contributed by atoms with Gasteiger partial charge in [0.2, 0.25) is 0 Å². The minimum Gasteiger partial charge on any atom is -0.465 e. The van der Waals surface area contributed by atoms with Gasteiger partial charge < -0.3 is 14.2 Å². The number of esters is 3. The van der Waals surface area contributed by atoms with E-state index in [-0.39, 0.29) is 37.7 Å². The molecular formula is C46H73NO6. The standard InChI is InChI=1S/C46H73NO6/c1-4-5-6-7-8-9-10-11-12-13-14-15-16-17-18-19-24-43(48)51-34-41(36-53-45(50)42(47(2)3)30-37-22-20-21-23-37)35-52-44(49)25-26-46-31-38-27-39(32-46)29-40(28-38)33-46/h8-9,11-12,20,22-23,38-42H,4-7,10,13-19,21,24-36H2,1-3H3/b9-8-,12-11-/t38?,39?,40?,41?,42-,46?/m0/s1. The molecule has 0 N–H and O–H groups in total. The maximum absolute atomic E-state index is 13.2. The van der Waals surface area contributed by atoms with E-state index in [4.69, 9.17) is 14.2 Å². The molecule has 5 aliphatic carbocycles. The van der Waals surface area contributed by atoms with Crippen molar-refractivity contribution in [3.63, 3.8) is 0 Å². The Bertz CT molecular complexity index is 1190. The van der Waals surface area contributed by atoms with E-state index in [9.17, 15) is 14.4 Å². The Kier molecular flexibility index (Phi) is 19.5. The highest BCUT2D eigenvalue weighted by Gasteiger charge is 2.50. The Balaban J connectivity index is 1.13. The molecular weight excluding hydrogens is 663 g/mol. The van der Waals surface area contributed by atoms with Gasteiger partial charge in [0.05, 0.1) is 5.92 Å². The summed E-state index contributed by atoms with van der Waals surface area (Å²) < 4.78 is 17.3. The molecule has 1 unspecified atom stereocenters. The zero-order valence-electron chi connectivity index (χ0n) is 33.7. The van der Waals surface area contributed by atoms with Crippen LogP contribution in [0.15, 0.2) is 48.1 Å². The highest BCUT2D eigenvalue weighted by Crippen LogP contribution is 2.61. The lowest BCUT2D eigenvalue weighted by Gasteiger charge is -2.57. The van der Waals surface area contributed by atoms with E-state index in [0.717, 1.165) is 68.3 Å². The summed E-state index contributed by atoms with van der Waals surface area (Å²) in [5.74, 6) is 1.40. The molecule has 0 amide bonds. The molecule has 0 aromatic heterocycles. The van der Waals surface area contributed by atoms with Crippen molar-refractivity contribution in [2.45, 2.75) is 161 Å². The number of hydrogen-bond acceptors (Lipinski definition) is 7. The molecule has 5 aliphatic rings. The van der Waals surface area contributed by atoms with E-state index in [2.05, 4.69) is 49.5 Å². The summed E-state index contributed by atoms with van der Waals surface area (Å²) in [5, 5.41) is 0. The van der Waals surface area contributed by atoms with Crippen molar-refractivity contribution in [1.29, 1.82) is 0 Å². The second-order valence-corrected chi connectivity index (χ2v) is 17.2. The summed E-state index contributed by atoms with van der Waals surface area (Å²) in [5.41, 5.74) is 1.45. The van der Waals surface area contributed by atoms with Crippen molar-refractivity contribution in [2.75, 3.05) is 33.9 Å². The Labute approximate surface area is 322 Å². The largest absolute Gasteiger partial charge is 0.465 e. The zero-order chi connectivity index (χ0) is 37.7. The number of ether oxygens (including phenoxy) is 3. The first-order valence-electron chi connectivity index (χ1n) is 21.5. The number of hydrogen-bond donors (Lipinski definition) is 0. The number of nitrogens with zero attached hydrogens (tertiary/aromatic N) is 1. The monoisotopic (exact) mass is 736 g/mol. The van der Waals surface area contributed by atoms with E-state index in [0.29, 0.717) is 24.7 Å². The van der Waals surface area contributed by atoms with Gasteiger partial charge in [0, 0.05) is 12.8 Å². The number of carbonyl (C=O) groups excluding carboxylic acids is 3. The molecule has 2 atom stereocenters. The quantitative estimate of drug-likeness (QED) is 0.0342. The highest BCUT2D eigenvalue weighted by atomic mass is 16.6. The average molecular weight is 736 g/mol. The first-order chi connectivity index (χ1) is 25.7. The minimum atomic E-state index is -0.418. The van der Waals surface area contributed by atoms with Gasteiger partial charge in [-0.3, -0.25) is 19.3 Å². The van der Waals surface area contributed by atoms with E-state index in [1.807, 2.05) is 19.0 Å². The van der Waals surface area contributed by atoms with Crippen LogP contribution in [0.3, 0.4) is 0 Å². The second-order valence-electron chi connectivity index (χ2n) is 17.2. The molecule has 7 heteroatoms. The fourth-order valence-corrected chi connectivity index (χ4v) is 9.59. The number of allylic oxidation sites excluding steroid dienone is 7. The smallest absolute Gasteiger partial charge is 0.323 e. The molecule has 0 radical (unpaired) electrons. The summed E-state index contributed by atoms with van der Waals surface area (Å²) in [6.07, 6.45) is 40.4. The van der Waals surface area contributed by atoms with E-state index >= 15 is 0 Å². The van der Waals surface area contributed by atoms with E-state index in [1.165, 1.54) is 83.5 Å². The third-order valence-electron chi connectivity index (χ3n) is 12.2. The average Bonchev–Trinajstić information content (AvgIpc) is 3.65. The molecule has 0 aliphatic heterocycles. The first kappa shape index (κ1) is 43.1. The predicted molar refractivity (Wildman–Crippen MR) is 214 cm³/mol. The van der Waals surface area contributed by atoms with Crippen molar-refractivity contribution in [3.8, 4) is 0 Å². The van der Waals surface area contributed by atoms with Crippen molar-refractivity contribution in [3.05, 3.63) is 48.1 Å². The molecule has 0 spiro atoms. The SMILES string of the molecule is CCCCC/C=C\C/C=C\CCCCCCCCC(=O)OCC(COC(=O)CCC12CC3CC(CC(C3)C1)C2)COC(=O)[C@H](CC1=CCC=C1)N(C)C. The van der Waals surface area contributed by atoms with E-state index in [1.54, 1.807) is 0 Å². The molecule has 7 nitrogen and oxygen atoms in total. The predicted octanol–water partition coefficient (Wildman–Crippen LogP) is 10.6. The maximum atomic E-state index is 13.2.